The monoisotopic (exact) mass is 370 g/mol. The van der Waals surface area contributed by atoms with E-state index < -0.39 is 11.9 Å². The third-order valence-electron chi connectivity index (χ3n) is 3.57. The number of hydrogen-bond donors (Lipinski definition) is 0. The van der Waals surface area contributed by atoms with Crippen molar-refractivity contribution in [3.8, 4) is 5.75 Å². The molecule has 0 bridgehead atoms. The second-order valence-corrected chi connectivity index (χ2v) is 5.93. The van der Waals surface area contributed by atoms with Crippen molar-refractivity contribution < 1.29 is 23.9 Å². The number of esters is 2. The van der Waals surface area contributed by atoms with Crippen molar-refractivity contribution in [2.75, 3.05) is 7.11 Å². The van der Waals surface area contributed by atoms with Crippen LogP contribution in [-0.2, 0) is 14.3 Å². The van der Waals surface area contributed by atoms with E-state index in [1.54, 1.807) is 24.3 Å². The lowest BCUT2D eigenvalue weighted by Crippen LogP contribution is -2.15. The van der Waals surface area contributed by atoms with Crippen molar-refractivity contribution in [1.82, 2.24) is 0 Å². The zero-order valence-corrected chi connectivity index (χ0v) is 14.9. The van der Waals surface area contributed by atoms with Gasteiger partial charge in [-0.3, -0.25) is 14.4 Å². The molecule has 0 N–H and O–H groups in total. The summed E-state index contributed by atoms with van der Waals surface area (Å²) in [6.07, 6.45) is 0.429. The Morgan fingerprint density at radius 2 is 1.65 bits per heavy atom. The van der Waals surface area contributed by atoms with E-state index in [-0.39, 0.29) is 29.9 Å². The van der Waals surface area contributed by atoms with Crippen molar-refractivity contribution in [2.45, 2.75) is 19.3 Å². The maximum absolute atomic E-state index is 12.7. The number of halogens is 1. The topological polar surface area (TPSA) is 69.7 Å². The molecule has 0 atom stereocenters. The van der Waals surface area contributed by atoms with Gasteiger partial charge in [-0.2, -0.15) is 0 Å². The van der Waals surface area contributed by atoms with Crippen LogP contribution in [0.5, 0.6) is 5.75 Å². The Bertz CT molecular complexity index is 817. The molecule has 2 rings (SSSR count). The summed E-state index contributed by atoms with van der Waals surface area (Å²) in [5.74, 6) is -1.18. The van der Waals surface area contributed by atoms with Gasteiger partial charge in [-0.15, -0.1) is 0 Å². The van der Waals surface area contributed by atoms with E-state index >= 15 is 0 Å². The second-order valence-electron chi connectivity index (χ2n) is 5.50. The zero-order chi connectivity index (χ0) is 19.1. The van der Waals surface area contributed by atoms with E-state index in [4.69, 9.17) is 24.2 Å². The fourth-order valence-corrected chi connectivity index (χ4v) is 2.35. The van der Waals surface area contributed by atoms with Gasteiger partial charge in [-0.25, -0.2) is 0 Å². The molecule has 0 saturated carbocycles. The van der Waals surface area contributed by atoms with Gasteiger partial charge in [0.1, 0.15) is 13.6 Å². The number of carbonyl (C=O) groups excluding carboxylic acids is 3. The first-order valence-electron chi connectivity index (χ1n) is 7.88. The van der Waals surface area contributed by atoms with Crippen LogP contribution in [0, 0.1) is 0 Å². The highest BCUT2D eigenvalue weighted by Gasteiger charge is 2.17. The maximum atomic E-state index is 12.7. The Morgan fingerprint density at radius 3 is 2.31 bits per heavy atom. The van der Waals surface area contributed by atoms with Gasteiger partial charge < -0.3 is 9.47 Å². The lowest BCUT2D eigenvalue weighted by atomic mass is 9.91. The first kappa shape index (κ1) is 19.7. The molecule has 0 aliphatic carbocycles. The van der Waals surface area contributed by atoms with Crippen molar-refractivity contribution >= 4 is 42.6 Å². The molecular formula is C19H16BClO5. The normalized spacial score (nSPS) is 10.2. The smallest absolute Gasteiger partial charge is 0.311 e. The van der Waals surface area contributed by atoms with E-state index in [1.165, 1.54) is 25.3 Å². The molecular weight excluding hydrogens is 354 g/mol. The lowest BCUT2D eigenvalue weighted by Gasteiger charge is -2.11. The summed E-state index contributed by atoms with van der Waals surface area (Å²) in [4.78, 5) is 35.8. The molecule has 2 aromatic carbocycles. The van der Waals surface area contributed by atoms with Crippen LogP contribution in [0.25, 0.3) is 0 Å². The van der Waals surface area contributed by atoms with Crippen LogP contribution in [0.15, 0.2) is 42.5 Å². The summed E-state index contributed by atoms with van der Waals surface area (Å²) in [5, 5.41) is 0.506. The van der Waals surface area contributed by atoms with E-state index in [2.05, 4.69) is 4.74 Å². The predicted molar refractivity (Wildman–Crippen MR) is 98.2 cm³/mol. The van der Waals surface area contributed by atoms with Gasteiger partial charge in [0.25, 0.3) is 0 Å². The molecule has 0 amide bonds. The number of ether oxygens (including phenoxy) is 2. The van der Waals surface area contributed by atoms with Gasteiger partial charge in [0.15, 0.2) is 5.78 Å². The summed E-state index contributed by atoms with van der Waals surface area (Å²) in [5.41, 5.74) is 0.935. The summed E-state index contributed by atoms with van der Waals surface area (Å²) >= 11 is 5.84. The van der Waals surface area contributed by atoms with Crippen LogP contribution in [0.1, 0.15) is 35.2 Å². The quantitative estimate of drug-likeness (QED) is 0.324. The highest BCUT2D eigenvalue weighted by atomic mass is 35.5. The van der Waals surface area contributed by atoms with Gasteiger partial charge in [-0.05, 0) is 36.8 Å². The van der Waals surface area contributed by atoms with Gasteiger partial charge in [0, 0.05) is 23.4 Å². The minimum Gasteiger partial charge on any atom is -0.469 e. The number of benzene rings is 2. The molecule has 0 fully saturated rings. The van der Waals surface area contributed by atoms with E-state index in [0.717, 1.165) is 0 Å². The number of hydrogen-bond acceptors (Lipinski definition) is 5. The Labute approximate surface area is 157 Å². The Balaban J connectivity index is 2.14. The van der Waals surface area contributed by atoms with Gasteiger partial charge in [0.05, 0.1) is 12.7 Å². The summed E-state index contributed by atoms with van der Waals surface area (Å²) in [6, 6.07) is 10.8. The Morgan fingerprint density at radius 1 is 1.00 bits per heavy atom. The van der Waals surface area contributed by atoms with Crippen molar-refractivity contribution in [1.29, 1.82) is 0 Å². The molecule has 0 spiro atoms. The molecule has 2 radical (unpaired) electrons. The van der Waals surface area contributed by atoms with E-state index in [0.29, 0.717) is 22.5 Å². The molecule has 0 aliphatic rings. The first-order chi connectivity index (χ1) is 12.4. The Hall–Kier alpha value is -2.60. The largest absolute Gasteiger partial charge is 0.469 e. The summed E-state index contributed by atoms with van der Waals surface area (Å²) in [7, 11) is 7.04. The molecule has 0 aliphatic heterocycles. The second kappa shape index (κ2) is 9.20. The highest BCUT2D eigenvalue weighted by molar-refractivity contribution is 6.33. The molecule has 5 nitrogen and oxygen atoms in total. The fourth-order valence-electron chi connectivity index (χ4n) is 2.22. The molecule has 0 heterocycles. The molecule has 2 aromatic rings. The van der Waals surface area contributed by atoms with Crippen LogP contribution in [-0.4, -0.2) is 32.7 Å². The van der Waals surface area contributed by atoms with Crippen LogP contribution in [0.4, 0.5) is 0 Å². The van der Waals surface area contributed by atoms with Crippen molar-refractivity contribution in [2.24, 2.45) is 0 Å². The minimum atomic E-state index is -0.552. The lowest BCUT2D eigenvalue weighted by molar-refractivity contribution is -0.141. The number of rotatable bonds is 7. The summed E-state index contributed by atoms with van der Waals surface area (Å²) < 4.78 is 9.80. The first-order valence-corrected chi connectivity index (χ1v) is 8.26. The van der Waals surface area contributed by atoms with Crippen LogP contribution in [0.2, 0.25) is 5.02 Å². The van der Waals surface area contributed by atoms with Crippen LogP contribution in [0.3, 0.4) is 0 Å². The number of ketones is 1. The SMILES string of the molecule is [B]c1ccc(OC(=O)CCCC(=O)OC)c(C(=O)c2ccc(Cl)cc2)c1. The summed E-state index contributed by atoms with van der Waals surface area (Å²) in [6.45, 7) is 0. The number of carbonyl (C=O) groups is 3. The molecule has 0 saturated heterocycles. The Kier molecular flexibility index (Phi) is 6.98. The van der Waals surface area contributed by atoms with E-state index in [9.17, 15) is 14.4 Å². The highest BCUT2D eigenvalue weighted by Crippen LogP contribution is 2.22. The van der Waals surface area contributed by atoms with Crippen molar-refractivity contribution in [3.63, 3.8) is 0 Å². The average Bonchev–Trinajstić information content (AvgIpc) is 2.63. The molecule has 0 aromatic heterocycles. The zero-order valence-electron chi connectivity index (χ0n) is 14.2. The molecule has 26 heavy (non-hydrogen) atoms. The van der Waals surface area contributed by atoms with E-state index in [1.807, 2.05) is 0 Å². The van der Waals surface area contributed by atoms with Gasteiger partial charge >= 0.3 is 11.9 Å². The average molecular weight is 371 g/mol. The molecule has 132 valence electrons. The maximum Gasteiger partial charge on any atom is 0.311 e. The predicted octanol–water partition coefficient (Wildman–Crippen LogP) is 2.61. The number of methoxy groups -OCH3 is 1. The van der Waals surface area contributed by atoms with Crippen LogP contribution < -0.4 is 10.2 Å². The molecule has 0 unspecified atom stereocenters. The van der Waals surface area contributed by atoms with Gasteiger partial charge in [-0.1, -0.05) is 29.2 Å². The fraction of sp³-hybridized carbons (Fsp3) is 0.211. The van der Waals surface area contributed by atoms with Crippen LogP contribution >= 0.6 is 11.6 Å². The standard InChI is InChI=1S/C19H16BClO5/c1-25-17(22)3-2-4-18(23)26-16-10-7-13(20)11-15(16)19(24)12-5-8-14(21)9-6-12/h5-11H,2-4H2,1H3. The third kappa shape index (κ3) is 5.46. The molecule has 7 heteroatoms. The third-order valence-corrected chi connectivity index (χ3v) is 3.82. The van der Waals surface area contributed by atoms with Crippen molar-refractivity contribution in [3.05, 3.63) is 58.6 Å². The minimum absolute atomic E-state index is 0.0219. The van der Waals surface area contributed by atoms with Gasteiger partial charge in [0.2, 0.25) is 0 Å².